The molecule has 0 atom stereocenters. The Balaban J connectivity index is 1.25. The van der Waals surface area contributed by atoms with Crippen LogP contribution in [0.3, 0.4) is 0 Å². The van der Waals surface area contributed by atoms with Gasteiger partial charge < -0.3 is 18.3 Å². The molecule has 0 aliphatic heterocycles. The van der Waals surface area contributed by atoms with E-state index in [1.54, 1.807) is 0 Å². The third-order valence-corrected chi connectivity index (χ3v) is 15.3. The predicted molar refractivity (Wildman–Crippen MR) is 249 cm³/mol. The molecule has 9 aromatic carbocycles. The monoisotopic (exact) mass is 773 g/mol. The molecule has 3 heterocycles. The zero-order valence-electron chi connectivity index (χ0n) is 32.0. The Kier molecular flexibility index (Phi) is 7.47. The van der Waals surface area contributed by atoms with E-state index < -0.39 is 7.14 Å². The number of aromatic nitrogens is 3. The largest absolute Gasteiger partial charge is 0.308 e. The fourth-order valence-electron chi connectivity index (χ4n) is 9.69. The van der Waals surface area contributed by atoms with Crippen molar-refractivity contribution in [3.63, 3.8) is 0 Å². The molecule has 5 heteroatoms. The fourth-order valence-corrected chi connectivity index (χ4v) is 12.9. The van der Waals surface area contributed by atoms with E-state index >= 15 is 4.57 Å². The van der Waals surface area contributed by atoms with Gasteiger partial charge in [-0.2, -0.15) is 0 Å². The molecular weight excluding hydrogens is 738 g/mol. The zero-order chi connectivity index (χ0) is 39.1. The maximum absolute atomic E-state index is 17.9. The van der Waals surface area contributed by atoms with Crippen molar-refractivity contribution in [1.29, 1.82) is 0 Å². The Bertz CT molecular complexity index is 3140. The molecule has 3 aromatic heterocycles. The summed E-state index contributed by atoms with van der Waals surface area (Å²) in [5.41, 5.74) is 9.08. The smallest absolute Gasteiger partial charge is 0.177 e. The van der Waals surface area contributed by atoms with Gasteiger partial charge in [0, 0.05) is 48.2 Å². The van der Waals surface area contributed by atoms with Gasteiger partial charge in [0.15, 0.2) is 7.14 Å². The maximum atomic E-state index is 17.9. The number of hydrogen-bond acceptors (Lipinski definition) is 1. The minimum atomic E-state index is -3.84. The SMILES string of the molecule is O=P(c1ccccc1-n1c2ccccc2c2ccccc21)(c1ccccc1-n1c2ccccc2c2ccccc21)c1ccccc1-n1c2ccccc2c2ccccc21. The highest BCUT2D eigenvalue weighted by molar-refractivity contribution is 7.86. The van der Waals surface area contributed by atoms with Crippen LogP contribution in [0.2, 0.25) is 0 Å². The number of fused-ring (bicyclic) bond motifs is 9. The van der Waals surface area contributed by atoms with Crippen molar-refractivity contribution >= 4 is 88.5 Å². The zero-order valence-corrected chi connectivity index (χ0v) is 32.9. The van der Waals surface area contributed by atoms with Crippen molar-refractivity contribution in [1.82, 2.24) is 13.7 Å². The number of para-hydroxylation sites is 9. The molecule has 0 amide bonds. The van der Waals surface area contributed by atoms with Gasteiger partial charge in [-0.1, -0.05) is 146 Å². The fraction of sp³-hybridized carbons (Fsp3) is 0. The van der Waals surface area contributed by atoms with E-state index in [-0.39, 0.29) is 0 Å². The second kappa shape index (κ2) is 13.1. The Morgan fingerprint density at radius 1 is 0.237 bits per heavy atom. The average molecular weight is 774 g/mol. The molecule has 0 unspecified atom stereocenters. The van der Waals surface area contributed by atoms with E-state index in [2.05, 4.69) is 214 Å². The summed E-state index contributed by atoms with van der Waals surface area (Å²) in [7, 11) is -3.84. The van der Waals surface area contributed by atoms with Crippen LogP contribution in [0.4, 0.5) is 0 Å². The van der Waals surface area contributed by atoms with Crippen molar-refractivity contribution in [2.24, 2.45) is 0 Å². The first-order chi connectivity index (χ1) is 29.2. The molecule has 12 rings (SSSR count). The highest BCUT2D eigenvalue weighted by atomic mass is 31.2. The lowest BCUT2D eigenvalue weighted by Gasteiger charge is -2.28. The summed E-state index contributed by atoms with van der Waals surface area (Å²) in [5.74, 6) is 0. The summed E-state index contributed by atoms with van der Waals surface area (Å²) < 4.78 is 24.9. The van der Waals surface area contributed by atoms with Crippen molar-refractivity contribution in [2.75, 3.05) is 0 Å². The molecule has 0 aliphatic carbocycles. The van der Waals surface area contributed by atoms with Gasteiger partial charge in [-0.05, 0) is 72.8 Å². The molecule has 0 N–H and O–H groups in total. The topological polar surface area (TPSA) is 31.9 Å². The third kappa shape index (κ3) is 4.81. The lowest BCUT2D eigenvalue weighted by Crippen LogP contribution is -2.31. The van der Waals surface area contributed by atoms with Gasteiger partial charge in [0.25, 0.3) is 0 Å². The van der Waals surface area contributed by atoms with Crippen LogP contribution in [0.25, 0.3) is 82.5 Å². The molecule has 0 aliphatic rings. The summed E-state index contributed by atoms with van der Waals surface area (Å²) in [6.45, 7) is 0. The van der Waals surface area contributed by atoms with Crippen LogP contribution in [0.5, 0.6) is 0 Å². The van der Waals surface area contributed by atoms with E-state index in [1.807, 2.05) is 18.2 Å². The highest BCUT2D eigenvalue weighted by Gasteiger charge is 2.38. The first-order valence-electron chi connectivity index (χ1n) is 20.1. The Morgan fingerprint density at radius 3 is 0.661 bits per heavy atom. The normalized spacial score (nSPS) is 12.1. The molecule has 0 spiro atoms. The van der Waals surface area contributed by atoms with Gasteiger partial charge >= 0.3 is 0 Å². The third-order valence-electron chi connectivity index (χ3n) is 12.1. The number of nitrogens with zero attached hydrogens (tertiary/aromatic N) is 3. The first-order valence-corrected chi connectivity index (χ1v) is 21.8. The summed E-state index contributed by atoms with van der Waals surface area (Å²) in [4.78, 5) is 0. The standard InChI is InChI=1S/C54H36N3OP/c58-59(52-34-16-13-31-49(52)55-43-25-7-1-19-37(43)38-20-2-8-26-44(38)55,53-35-17-14-32-50(53)56-45-27-9-3-21-39(45)40-22-4-10-28-46(40)56)54-36-18-15-33-51(54)57-47-29-11-5-23-41(47)42-24-6-12-30-48(42)57/h1-36H. The Morgan fingerprint density at radius 2 is 0.424 bits per heavy atom. The maximum Gasteiger partial charge on any atom is 0.177 e. The molecule has 0 fully saturated rings. The molecule has 0 saturated heterocycles. The van der Waals surface area contributed by atoms with E-state index in [0.717, 1.165) is 98.4 Å². The molecule has 4 nitrogen and oxygen atoms in total. The van der Waals surface area contributed by atoms with Gasteiger partial charge in [0.05, 0.1) is 50.2 Å². The number of benzene rings is 9. The average Bonchev–Trinajstić information content (AvgIpc) is 3.95. The quantitative estimate of drug-likeness (QED) is 0.155. The molecule has 59 heavy (non-hydrogen) atoms. The predicted octanol–water partition coefficient (Wildman–Crippen LogP) is 12.6. The van der Waals surface area contributed by atoms with Crippen molar-refractivity contribution in [3.8, 4) is 17.1 Å². The molecule has 0 saturated carbocycles. The van der Waals surface area contributed by atoms with E-state index in [1.165, 1.54) is 0 Å². The molecule has 0 radical (unpaired) electrons. The second-order valence-electron chi connectivity index (χ2n) is 15.2. The van der Waals surface area contributed by atoms with Gasteiger partial charge in [0.2, 0.25) is 0 Å². The van der Waals surface area contributed by atoms with Gasteiger partial charge in [-0.3, -0.25) is 0 Å². The lowest BCUT2D eigenvalue weighted by atomic mass is 10.2. The Labute approximate surface area is 340 Å². The lowest BCUT2D eigenvalue weighted by molar-refractivity contribution is 0.592. The van der Waals surface area contributed by atoms with Gasteiger partial charge in [-0.15, -0.1) is 0 Å². The van der Waals surface area contributed by atoms with E-state index in [0.29, 0.717) is 0 Å². The summed E-state index contributed by atoms with van der Waals surface area (Å²) in [6, 6.07) is 76.4. The van der Waals surface area contributed by atoms with Crippen molar-refractivity contribution in [2.45, 2.75) is 0 Å². The van der Waals surface area contributed by atoms with Crippen molar-refractivity contribution < 1.29 is 4.57 Å². The van der Waals surface area contributed by atoms with Crippen LogP contribution in [0.1, 0.15) is 0 Å². The van der Waals surface area contributed by atoms with E-state index in [4.69, 9.17) is 0 Å². The summed E-state index contributed by atoms with van der Waals surface area (Å²) >= 11 is 0. The van der Waals surface area contributed by atoms with Crippen LogP contribution >= 0.6 is 7.14 Å². The first kappa shape index (κ1) is 33.7. The minimum Gasteiger partial charge on any atom is -0.308 e. The van der Waals surface area contributed by atoms with Gasteiger partial charge in [-0.25, -0.2) is 0 Å². The van der Waals surface area contributed by atoms with Crippen LogP contribution in [0.15, 0.2) is 218 Å². The van der Waals surface area contributed by atoms with Crippen LogP contribution < -0.4 is 15.9 Å². The number of rotatable bonds is 6. The highest BCUT2D eigenvalue weighted by Crippen LogP contribution is 2.50. The Hall–Kier alpha value is -7.39. The molecular formula is C54H36N3OP. The van der Waals surface area contributed by atoms with Crippen LogP contribution in [-0.4, -0.2) is 13.7 Å². The summed E-state index contributed by atoms with van der Waals surface area (Å²) in [5, 5.41) is 9.25. The van der Waals surface area contributed by atoms with Gasteiger partial charge in [0.1, 0.15) is 0 Å². The van der Waals surface area contributed by atoms with E-state index in [9.17, 15) is 0 Å². The summed E-state index contributed by atoms with van der Waals surface area (Å²) in [6.07, 6.45) is 0. The minimum absolute atomic E-state index is 0.771. The molecule has 0 bridgehead atoms. The van der Waals surface area contributed by atoms with Crippen molar-refractivity contribution in [3.05, 3.63) is 218 Å². The molecule has 278 valence electrons. The number of hydrogen-bond donors (Lipinski definition) is 0. The van der Waals surface area contributed by atoms with Crippen LogP contribution in [-0.2, 0) is 4.57 Å². The second-order valence-corrected chi connectivity index (χ2v) is 17.8. The molecule has 12 aromatic rings. The van der Waals surface area contributed by atoms with Crippen LogP contribution in [0, 0.1) is 0 Å².